The Hall–Kier alpha value is -1.70. The SMILES string of the molecule is CCCCCCC=COc1ccc(N)c(C=CCCCCCC)c1. The van der Waals surface area contributed by atoms with Gasteiger partial charge in [0.1, 0.15) is 5.75 Å². The molecule has 0 saturated carbocycles. The lowest BCUT2D eigenvalue weighted by Gasteiger charge is -2.05. The molecule has 0 atom stereocenters. The van der Waals surface area contributed by atoms with Crippen LogP contribution in [0, 0.1) is 0 Å². The molecule has 0 heterocycles. The summed E-state index contributed by atoms with van der Waals surface area (Å²) in [5.74, 6) is 0.847. The van der Waals surface area contributed by atoms with Crippen molar-refractivity contribution in [3.8, 4) is 5.75 Å². The molecule has 1 rings (SSSR count). The highest BCUT2D eigenvalue weighted by molar-refractivity contribution is 5.66. The molecule has 0 spiro atoms. The second kappa shape index (κ2) is 13.7. The zero-order valence-electron chi connectivity index (χ0n) is 15.6. The van der Waals surface area contributed by atoms with E-state index in [2.05, 4.69) is 32.1 Å². The van der Waals surface area contributed by atoms with E-state index in [0.717, 1.165) is 29.8 Å². The molecule has 1 aromatic carbocycles. The minimum absolute atomic E-state index is 0.802. The van der Waals surface area contributed by atoms with Crippen molar-refractivity contribution in [2.75, 3.05) is 5.73 Å². The van der Waals surface area contributed by atoms with Gasteiger partial charge in [-0.3, -0.25) is 0 Å². The van der Waals surface area contributed by atoms with Crippen LogP contribution in [0.4, 0.5) is 5.69 Å². The van der Waals surface area contributed by atoms with Gasteiger partial charge < -0.3 is 10.5 Å². The van der Waals surface area contributed by atoms with E-state index in [0.29, 0.717) is 0 Å². The molecule has 2 N–H and O–H groups in total. The summed E-state index contributed by atoms with van der Waals surface area (Å²) in [6.45, 7) is 4.47. The Balaban J connectivity index is 2.39. The van der Waals surface area contributed by atoms with Crippen molar-refractivity contribution >= 4 is 11.8 Å². The number of nitrogens with two attached hydrogens (primary N) is 1. The lowest BCUT2D eigenvalue weighted by Crippen LogP contribution is -1.91. The molecule has 0 aliphatic heterocycles. The van der Waals surface area contributed by atoms with Gasteiger partial charge >= 0.3 is 0 Å². The maximum absolute atomic E-state index is 6.05. The number of benzene rings is 1. The summed E-state index contributed by atoms with van der Waals surface area (Å²) in [4.78, 5) is 0. The molecule has 2 heteroatoms. The van der Waals surface area contributed by atoms with E-state index in [1.54, 1.807) is 6.26 Å². The standard InChI is InChI=1S/C22H35NO/c1-3-5-7-9-11-13-15-20-19-21(16-17-22(20)23)24-18-14-12-10-8-6-4-2/h13-19H,3-12,23H2,1-2H3. The third-order valence-corrected chi connectivity index (χ3v) is 4.10. The van der Waals surface area contributed by atoms with Crippen molar-refractivity contribution in [2.24, 2.45) is 0 Å². The highest BCUT2D eigenvalue weighted by Crippen LogP contribution is 2.22. The molecule has 0 bridgehead atoms. The summed E-state index contributed by atoms with van der Waals surface area (Å²) >= 11 is 0. The Labute approximate surface area is 148 Å². The number of hydrogen-bond donors (Lipinski definition) is 1. The molecule has 0 saturated heterocycles. The average molecular weight is 330 g/mol. The van der Waals surface area contributed by atoms with Crippen molar-refractivity contribution < 1.29 is 4.74 Å². The van der Waals surface area contributed by atoms with Crippen LogP contribution >= 0.6 is 0 Å². The first-order valence-electron chi connectivity index (χ1n) is 9.65. The predicted molar refractivity (Wildman–Crippen MR) is 107 cm³/mol. The molecular formula is C22H35NO. The van der Waals surface area contributed by atoms with Crippen LogP contribution in [0.5, 0.6) is 5.75 Å². The van der Waals surface area contributed by atoms with Gasteiger partial charge in [0, 0.05) is 11.3 Å². The second-order valence-electron chi connectivity index (χ2n) is 6.38. The predicted octanol–water partition coefficient (Wildman–Crippen LogP) is 7.12. The lowest BCUT2D eigenvalue weighted by molar-refractivity contribution is 0.477. The molecule has 0 amide bonds. The van der Waals surface area contributed by atoms with Crippen LogP contribution in [0.3, 0.4) is 0 Å². The van der Waals surface area contributed by atoms with E-state index >= 15 is 0 Å². The quantitative estimate of drug-likeness (QED) is 0.237. The summed E-state index contributed by atoms with van der Waals surface area (Å²) in [7, 11) is 0. The molecule has 0 unspecified atom stereocenters. The highest BCUT2D eigenvalue weighted by atomic mass is 16.5. The van der Waals surface area contributed by atoms with Gasteiger partial charge in [-0.25, -0.2) is 0 Å². The van der Waals surface area contributed by atoms with Crippen LogP contribution in [-0.4, -0.2) is 0 Å². The largest absolute Gasteiger partial charge is 0.465 e. The van der Waals surface area contributed by atoms with Crippen molar-refractivity contribution in [3.05, 3.63) is 42.2 Å². The Kier molecular flexibility index (Phi) is 11.6. The maximum Gasteiger partial charge on any atom is 0.127 e. The first kappa shape index (κ1) is 20.3. The molecule has 0 aliphatic carbocycles. The molecule has 0 aromatic heterocycles. The van der Waals surface area contributed by atoms with Gasteiger partial charge in [0.05, 0.1) is 6.26 Å². The zero-order valence-corrected chi connectivity index (χ0v) is 15.6. The van der Waals surface area contributed by atoms with Crippen molar-refractivity contribution in [3.63, 3.8) is 0 Å². The molecule has 0 fully saturated rings. The van der Waals surface area contributed by atoms with E-state index in [1.165, 1.54) is 51.4 Å². The summed E-state index contributed by atoms with van der Waals surface area (Å²) in [6, 6.07) is 5.86. The van der Waals surface area contributed by atoms with Gasteiger partial charge in [0.15, 0.2) is 0 Å². The van der Waals surface area contributed by atoms with Crippen molar-refractivity contribution in [1.29, 1.82) is 0 Å². The minimum Gasteiger partial charge on any atom is -0.465 e. The highest BCUT2D eigenvalue weighted by Gasteiger charge is 1.98. The molecule has 134 valence electrons. The third kappa shape index (κ3) is 9.44. The van der Waals surface area contributed by atoms with Crippen LogP contribution in [0.25, 0.3) is 6.08 Å². The van der Waals surface area contributed by atoms with Gasteiger partial charge in [-0.1, -0.05) is 64.5 Å². The van der Waals surface area contributed by atoms with Gasteiger partial charge in [0.2, 0.25) is 0 Å². The van der Waals surface area contributed by atoms with Gasteiger partial charge in [-0.05, 0) is 50.0 Å². The van der Waals surface area contributed by atoms with Crippen LogP contribution in [0.1, 0.15) is 83.6 Å². The first-order chi connectivity index (χ1) is 11.8. The monoisotopic (exact) mass is 329 g/mol. The fourth-order valence-electron chi connectivity index (χ4n) is 2.55. The Morgan fingerprint density at radius 1 is 0.875 bits per heavy atom. The van der Waals surface area contributed by atoms with Crippen molar-refractivity contribution in [2.45, 2.75) is 78.1 Å². The van der Waals surface area contributed by atoms with E-state index in [1.807, 2.05) is 18.2 Å². The topological polar surface area (TPSA) is 35.2 Å². The molecule has 1 aromatic rings. The number of unbranched alkanes of at least 4 members (excludes halogenated alkanes) is 8. The van der Waals surface area contributed by atoms with Gasteiger partial charge in [0.25, 0.3) is 0 Å². The summed E-state index contributed by atoms with van der Waals surface area (Å²) in [5.41, 5.74) is 7.89. The minimum atomic E-state index is 0.802. The fraction of sp³-hybridized carbons (Fsp3) is 0.545. The van der Waals surface area contributed by atoms with E-state index in [-0.39, 0.29) is 0 Å². The van der Waals surface area contributed by atoms with E-state index in [9.17, 15) is 0 Å². The number of nitrogen functional groups attached to an aromatic ring is 1. The van der Waals surface area contributed by atoms with Gasteiger partial charge in [-0.15, -0.1) is 0 Å². The number of anilines is 1. The lowest BCUT2D eigenvalue weighted by atomic mass is 10.1. The van der Waals surface area contributed by atoms with Gasteiger partial charge in [-0.2, -0.15) is 0 Å². The third-order valence-electron chi connectivity index (χ3n) is 4.10. The fourth-order valence-corrected chi connectivity index (χ4v) is 2.55. The second-order valence-corrected chi connectivity index (χ2v) is 6.38. The Morgan fingerprint density at radius 3 is 2.21 bits per heavy atom. The molecular weight excluding hydrogens is 294 g/mol. The summed E-state index contributed by atoms with van der Waals surface area (Å²) in [5, 5.41) is 0. The number of allylic oxidation sites excluding steroid dienone is 2. The van der Waals surface area contributed by atoms with Crippen LogP contribution in [0.15, 0.2) is 36.6 Å². The number of ether oxygens (including phenoxy) is 1. The normalized spacial score (nSPS) is 11.6. The smallest absolute Gasteiger partial charge is 0.127 e. The van der Waals surface area contributed by atoms with E-state index in [4.69, 9.17) is 10.5 Å². The number of hydrogen-bond acceptors (Lipinski definition) is 2. The van der Waals surface area contributed by atoms with Crippen molar-refractivity contribution in [1.82, 2.24) is 0 Å². The van der Waals surface area contributed by atoms with Crippen LogP contribution < -0.4 is 10.5 Å². The zero-order chi connectivity index (χ0) is 17.5. The first-order valence-corrected chi connectivity index (χ1v) is 9.65. The molecule has 24 heavy (non-hydrogen) atoms. The number of rotatable bonds is 13. The Bertz CT molecular complexity index is 491. The van der Waals surface area contributed by atoms with E-state index < -0.39 is 0 Å². The maximum atomic E-state index is 6.05. The molecule has 0 aliphatic rings. The molecule has 2 nitrogen and oxygen atoms in total. The average Bonchev–Trinajstić information content (AvgIpc) is 2.59. The summed E-state index contributed by atoms with van der Waals surface area (Å²) in [6.07, 6.45) is 20.7. The Morgan fingerprint density at radius 2 is 1.54 bits per heavy atom. The van der Waals surface area contributed by atoms with Crippen LogP contribution in [-0.2, 0) is 0 Å². The van der Waals surface area contributed by atoms with Crippen LogP contribution in [0.2, 0.25) is 0 Å². The summed E-state index contributed by atoms with van der Waals surface area (Å²) < 4.78 is 5.70. The molecule has 0 radical (unpaired) electrons.